The van der Waals surface area contributed by atoms with Gasteiger partial charge in [-0.05, 0) is 39.7 Å². The minimum atomic E-state index is -4.08. The molecular formula is C19H31NO8S. The summed E-state index contributed by atoms with van der Waals surface area (Å²) < 4.78 is 34.4. The van der Waals surface area contributed by atoms with Gasteiger partial charge in [-0.3, -0.25) is 9.35 Å². The molecule has 0 rings (SSSR count). The van der Waals surface area contributed by atoms with Crippen LogP contribution in [0.4, 0.5) is 0 Å². The molecule has 9 nitrogen and oxygen atoms in total. The highest BCUT2D eigenvalue weighted by Crippen LogP contribution is 2.06. The fourth-order valence-electron chi connectivity index (χ4n) is 1.73. The maximum atomic E-state index is 11.3. The first kappa shape index (κ1) is 28.7. The SMILES string of the molecule is C=C(CC=C(C)C(=O)O)C(=O)OCCCC.C=CC(=O)NC(C)(C)CS(=O)(=O)O. The van der Waals surface area contributed by atoms with Crippen molar-refractivity contribution in [3.8, 4) is 0 Å². The Bertz CT molecular complexity index is 735. The zero-order valence-electron chi connectivity index (χ0n) is 17.4. The number of carbonyl (C=O) groups is 3. The van der Waals surface area contributed by atoms with Gasteiger partial charge in [-0.25, -0.2) is 9.59 Å². The largest absolute Gasteiger partial charge is 0.478 e. The van der Waals surface area contributed by atoms with Gasteiger partial charge < -0.3 is 15.2 Å². The van der Waals surface area contributed by atoms with Crippen LogP contribution in [0.1, 0.15) is 47.0 Å². The molecule has 3 N–H and O–H groups in total. The predicted molar refractivity (Wildman–Crippen MR) is 110 cm³/mol. The molecule has 166 valence electrons. The Morgan fingerprint density at radius 1 is 1.24 bits per heavy atom. The first-order chi connectivity index (χ1) is 13.1. The number of allylic oxidation sites excluding steroid dienone is 1. The van der Waals surface area contributed by atoms with Crippen molar-refractivity contribution in [2.75, 3.05) is 12.4 Å². The summed E-state index contributed by atoms with van der Waals surface area (Å²) in [6.45, 7) is 13.6. The van der Waals surface area contributed by atoms with E-state index in [1.807, 2.05) is 6.92 Å². The second-order valence-electron chi connectivity index (χ2n) is 6.79. The van der Waals surface area contributed by atoms with E-state index in [1.165, 1.54) is 26.8 Å². The van der Waals surface area contributed by atoms with E-state index in [4.69, 9.17) is 14.4 Å². The highest BCUT2D eigenvalue weighted by molar-refractivity contribution is 7.85. The molecule has 1 amide bonds. The van der Waals surface area contributed by atoms with Crippen molar-refractivity contribution in [1.29, 1.82) is 0 Å². The topological polar surface area (TPSA) is 147 Å². The van der Waals surface area contributed by atoms with Crippen LogP contribution in [0.5, 0.6) is 0 Å². The average molecular weight is 434 g/mol. The number of unbranched alkanes of at least 4 members (excludes halogenated alkanes) is 1. The fraction of sp³-hybridized carbons (Fsp3) is 0.526. The minimum Gasteiger partial charge on any atom is -0.478 e. The quantitative estimate of drug-likeness (QED) is 0.195. The van der Waals surface area contributed by atoms with E-state index in [-0.39, 0.29) is 17.6 Å². The molecule has 0 heterocycles. The van der Waals surface area contributed by atoms with Gasteiger partial charge >= 0.3 is 11.9 Å². The summed E-state index contributed by atoms with van der Waals surface area (Å²) in [5.74, 6) is -2.46. The third kappa shape index (κ3) is 17.4. The molecular weight excluding hydrogens is 402 g/mol. The first-order valence-electron chi connectivity index (χ1n) is 8.79. The highest BCUT2D eigenvalue weighted by atomic mass is 32.2. The lowest BCUT2D eigenvalue weighted by molar-refractivity contribution is -0.139. The van der Waals surface area contributed by atoms with Gasteiger partial charge in [0.15, 0.2) is 0 Å². The van der Waals surface area contributed by atoms with E-state index >= 15 is 0 Å². The Hall–Kier alpha value is -2.46. The molecule has 0 atom stereocenters. The normalized spacial score (nSPS) is 11.6. The zero-order valence-corrected chi connectivity index (χ0v) is 18.2. The van der Waals surface area contributed by atoms with E-state index in [1.54, 1.807) is 0 Å². The molecule has 0 bridgehead atoms. The lowest BCUT2D eigenvalue weighted by Crippen LogP contribution is -2.47. The smallest absolute Gasteiger partial charge is 0.333 e. The number of aliphatic carboxylic acids is 1. The molecule has 0 aliphatic rings. The number of hydrogen-bond acceptors (Lipinski definition) is 6. The third-order valence-corrected chi connectivity index (χ3v) is 4.29. The lowest BCUT2D eigenvalue weighted by atomic mass is 10.1. The van der Waals surface area contributed by atoms with E-state index in [0.717, 1.165) is 18.9 Å². The average Bonchev–Trinajstić information content (AvgIpc) is 2.57. The molecule has 0 saturated carbocycles. The molecule has 0 radical (unpaired) electrons. The van der Waals surface area contributed by atoms with Crippen LogP contribution in [0.15, 0.2) is 36.5 Å². The van der Waals surface area contributed by atoms with Crippen LogP contribution in [0.3, 0.4) is 0 Å². The second kappa shape index (κ2) is 13.7. The molecule has 0 aliphatic carbocycles. The van der Waals surface area contributed by atoms with E-state index < -0.39 is 39.3 Å². The Labute approximate surface area is 172 Å². The van der Waals surface area contributed by atoms with Gasteiger partial charge in [0.25, 0.3) is 10.1 Å². The van der Waals surface area contributed by atoms with Crippen LogP contribution >= 0.6 is 0 Å². The monoisotopic (exact) mass is 433 g/mol. The van der Waals surface area contributed by atoms with Gasteiger partial charge in [0.2, 0.25) is 5.91 Å². The van der Waals surface area contributed by atoms with Crippen LogP contribution in [0, 0.1) is 0 Å². The molecule has 0 aromatic heterocycles. The van der Waals surface area contributed by atoms with E-state index in [9.17, 15) is 22.8 Å². The van der Waals surface area contributed by atoms with Crippen LogP contribution in [-0.4, -0.2) is 53.8 Å². The summed E-state index contributed by atoms with van der Waals surface area (Å²) in [6, 6.07) is 0. The summed E-state index contributed by atoms with van der Waals surface area (Å²) in [5.41, 5.74) is -0.530. The summed E-state index contributed by atoms with van der Waals surface area (Å²) in [6.07, 6.45) is 4.47. The van der Waals surface area contributed by atoms with Gasteiger partial charge in [0, 0.05) is 11.1 Å². The predicted octanol–water partition coefficient (Wildman–Crippen LogP) is 2.26. The number of esters is 1. The standard InChI is InChI=1S/C12H18O4.C7H13NO4S/c1-4-5-8-16-12(15)10(3)7-6-9(2)11(13)14;1-4-6(9)8-7(2,3)5-13(10,11)12/h6H,3-5,7-8H2,1-2H3,(H,13,14);4H,1,5H2,2-3H3,(H,8,9)(H,10,11,12). The van der Waals surface area contributed by atoms with Crippen molar-refractivity contribution < 1.29 is 37.2 Å². The number of carboxylic acid groups (broad SMARTS) is 1. The third-order valence-electron chi connectivity index (χ3n) is 3.20. The second-order valence-corrected chi connectivity index (χ2v) is 8.25. The van der Waals surface area contributed by atoms with Crippen LogP contribution in [0.2, 0.25) is 0 Å². The number of carboxylic acids is 1. The molecule has 10 heteroatoms. The molecule has 0 unspecified atom stereocenters. The molecule has 29 heavy (non-hydrogen) atoms. The van der Waals surface area contributed by atoms with Crippen LogP contribution in [-0.2, 0) is 29.2 Å². The molecule has 0 aromatic carbocycles. The number of hydrogen-bond donors (Lipinski definition) is 3. The van der Waals surface area contributed by atoms with E-state index in [0.29, 0.717) is 6.61 Å². The van der Waals surface area contributed by atoms with Crippen molar-refractivity contribution in [2.24, 2.45) is 0 Å². The first-order valence-corrected chi connectivity index (χ1v) is 10.4. The number of carbonyl (C=O) groups excluding carboxylic acids is 2. The Morgan fingerprint density at radius 3 is 2.21 bits per heavy atom. The Morgan fingerprint density at radius 2 is 1.79 bits per heavy atom. The summed E-state index contributed by atoms with van der Waals surface area (Å²) >= 11 is 0. The molecule has 0 aliphatic heterocycles. The number of nitrogens with one attached hydrogen (secondary N) is 1. The van der Waals surface area contributed by atoms with Crippen molar-refractivity contribution in [3.05, 3.63) is 36.5 Å². The molecule has 0 spiro atoms. The van der Waals surface area contributed by atoms with Crippen LogP contribution < -0.4 is 5.32 Å². The lowest BCUT2D eigenvalue weighted by Gasteiger charge is -2.23. The summed E-state index contributed by atoms with van der Waals surface area (Å²) in [7, 11) is -4.08. The Kier molecular flexibility index (Phi) is 13.6. The number of amides is 1. The summed E-state index contributed by atoms with van der Waals surface area (Å²) in [4.78, 5) is 32.6. The van der Waals surface area contributed by atoms with Crippen molar-refractivity contribution in [3.63, 3.8) is 0 Å². The fourth-order valence-corrected chi connectivity index (χ4v) is 2.72. The molecule has 0 fully saturated rings. The highest BCUT2D eigenvalue weighted by Gasteiger charge is 2.25. The number of rotatable bonds is 11. The van der Waals surface area contributed by atoms with Crippen molar-refractivity contribution >= 4 is 28.0 Å². The maximum absolute atomic E-state index is 11.3. The van der Waals surface area contributed by atoms with Crippen LogP contribution in [0.25, 0.3) is 0 Å². The maximum Gasteiger partial charge on any atom is 0.333 e. The molecule has 0 aromatic rings. The van der Waals surface area contributed by atoms with Crippen molar-refractivity contribution in [1.82, 2.24) is 5.32 Å². The Balaban J connectivity index is 0. The van der Waals surface area contributed by atoms with Gasteiger partial charge in [-0.15, -0.1) is 0 Å². The molecule has 0 saturated heterocycles. The summed E-state index contributed by atoms with van der Waals surface area (Å²) in [5, 5.41) is 11.0. The van der Waals surface area contributed by atoms with Gasteiger partial charge in [-0.2, -0.15) is 8.42 Å². The van der Waals surface area contributed by atoms with Gasteiger partial charge in [0.1, 0.15) is 0 Å². The van der Waals surface area contributed by atoms with E-state index in [2.05, 4.69) is 18.5 Å². The van der Waals surface area contributed by atoms with Crippen molar-refractivity contribution in [2.45, 2.75) is 52.5 Å². The minimum absolute atomic E-state index is 0.197. The number of ether oxygens (including phenoxy) is 1. The van der Waals surface area contributed by atoms with Gasteiger partial charge in [0.05, 0.1) is 17.9 Å². The zero-order chi connectivity index (χ0) is 23.3. The van der Waals surface area contributed by atoms with Gasteiger partial charge in [-0.1, -0.05) is 32.6 Å².